The van der Waals surface area contributed by atoms with Gasteiger partial charge in [0, 0.05) is 23.5 Å². The number of benzene rings is 2. The minimum Gasteiger partial charge on any atom is -0.383 e. The highest BCUT2D eigenvalue weighted by Gasteiger charge is 2.05. The molecule has 0 saturated heterocycles. The first-order chi connectivity index (χ1) is 11.5. The number of hydrogen-bond donors (Lipinski definition) is 2. The maximum absolute atomic E-state index is 11.1. The van der Waals surface area contributed by atoms with E-state index in [2.05, 4.69) is 16.4 Å². The Morgan fingerprint density at radius 2 is 1.67 bits per heavy atom. The summed E-state index contributed by atoms with van der Waals surface area (Å²) in [6, 6.07) is 15.6. The smallest absolute Gasteiger partial charge is 0.213 e. The molecular formula is C18H19N3O2S. The van der Waals surface area contributed by atoms with Crippen LogP contribution in [0.4, 0.5) is 5.69 Å². The number of sulfonamides is 1. The van der Waals surface area contributed by atoms with Gasteiger partial charge in [-0.2, -0.15) is 0 Å². The van der Waals surface area contributed by atoms with Gasteiger partial charge < -0.3 is 5.32 Å². The van der Waals surface area contributed by atoms with Crippen LogP contribution in [0.3, 0.4) is 0 Å². The summed E-state index contributed by atoms with van der Waals surface area (Å²) in [4.78, 5) is 4.25. The van der Waals surface area contributed by atoms with Gasteiger partial charge in [-0.25, -0.2) is 13.6 Å². The van der Waals surface area contributed by atoms with Crippen molar-refractivity contribution in [3.63, 3.8) is 0 Å². The molecule has 0 bridgehead atoms. The zero-order chi connectivity index (χ0) is 17.0. The van der Waals surface area contributed by atoms with E-state index >= 15 is 0 Å². The first kappa shape index (κ1) is 16.4. The van der Waals surface area contributed by atoms with Gasteiger partial charge in [-0.1, -0.05) is 48.5 Å². The summed E-state index contributed by atoms with van der Waals surface area (Å²) >= 11 is 0. The van der Waals surface area contributed by atoms with Gasteiger partial charge >= 0.3 is 0 Å². The van der Waals surface area contributed by atoms with E-state index in [9.17, 15) is 8.42 Å². The molecule has 2 aromatic carbocycles. The van der Waals surface area contributed by atoms with E-state index < -0.39 is 10.0 Å². The van der Waals surface area contributed by atoms with Crippen LogP contribution >= 0.6 is 0 Å². The molecule has 0 saturated carbocycles. The van der Waals surface area contributed by atoms with E-state index in [1.807, 2.05) is 42.7 Å². The molecule has 0 unspecified atom stereocenters. The van der Waals surface area contributed by atoms with Crippen molar-refractivity contribution in [2.45, 2.75) is 12.2 Å². The van der Waals surface area contributed by atoms with Crippen molar-refractivity contribution in [3.05, 3.63) is 72.1 Å². The molecule has 0 aliphatic rings. The van der Waals surface area contributed by atoms with E-state index in [1.165, 1.54) is 0 Å². The van der Waals surface area contributed by atoms with Crippen LogP contribution in [0.1, 0.15) is 11.1 Å². The number of pyridine rings is 1. The Hall–Kier alpha value is -2.44. The lowest BCUT2D eigenvalue weighted by Gasteiger charge is -2.09. The largest absolute Gasteiger partial charge is 0.383 e. The molecular weight excluding hydrogens is 322 g/mol. The molecule has 0 aliphatic carbocycles. The second kappa shape index (κ2) is 6.98. The fourth-order valence-electron chi connectivity index (χ4n) is 2.63. The zero-order valence-corrected chi connectivity index (χ0v) is 14.0. The second-order valence-corrected chi connectivity index (χ2v) is 7.32. The lowest BCUT2D eigenvalue weighted by Crippen LogP contribution is -2.14. The third kappa shape index (κ3) is 4.31. The summed E-state index contributed by atoms with van der Waals surface area (Å²) in [6.45, 7) is 0.768. The molecule has 0 amide bonds. The topological polar surface area (TPSA) is 85.1 Å². The lowest BCUT2D eigenvalue weighted by atomic mass is 10.1. The van der Waals surface area contributed by atoms with E-state index in [-0.39, 0.29) is 5.75 Å². The molecule has 5 nitrogen and oxygen atoms in total. The number of aromatic nitrogens is 1. The highest BCUT2D eigenvalue weighted by atomic mass is 32.2. The molecule has 24 heavy (non-hydrogen) atoms. The number of primary sulfonamides is 1. The number of anilines is 1. The zero-order valence-electron chi connectivity index (χ0n) is 13.1. The summed E-state index contributed by atoms with van der Waals surface area (Å²) in [5, 5.41) is 10.7. The highest BCUT2D eigenvalue weighted by molar-refractivity contribution is 7.88. The van der Waals surface area contributed by atoms with Gasteiger partial charge in [-0.05, 0) is 17.5 Å². The van der Waals surface area contributed by atoms with Crippen LogP contribution < -0.4 is 10.5 Å². The molecule has 0 radical (unpaired) electrons. The van der Waals surface area contributed by atoms with E-state index in [4.69, 9.17) is 5.14 Å². The van der Waals surface area contributed by atoms with Crippen LogP contribution in [0, 0.1) is 0 Å². The molecule has 1 heterocycles. The number of nitrogens with one attached hydrogen (secondary N) is 1. The normalized spacial score (nSPS) is 11.5. The van der Waals surface area contributed by atoms with Crippen molar-refractivity contribution in [2.24, 2.45) is 5.14 Å². The Morgan fingerprint density at radius 3 is 2.42 bits per heavy atom. The minimum atomic E-state index is -3.48. The van der Waals surface area contributed by atoms with Crippen LogP contribution in [-0.4, -0.2) is 19.9 Å². The van der Waals surface area contributed by atoms with Crippen LogP contribution in [0.2, 0.25) is 0 Å². The first-order valence-electron chi connectivity index (χ1n) is 7.66. The second-order valence-electron chi connectivity index (χ2n) is 5.71. The van der Waals surface area contributed by atoms with Crippen LogP contribution in [0.5, 0.6) is 0 Å². The van der Waals surface area contributed by atoms with Gasteiger partial charge in [-0.15, -0.1) is 0 Å². The summed E-state index contributed by atoms with van der Waals surface area (Å²) in [6.07, 6.45) is 4.52. The number of fused-ring (bicyclic) bond motifs is 1. The minimum absolute atomic E-state index is 0.132. The average molecular weight is 341 g/mol. The van der Waals surface area contributed by atoms with E-state index in [0.717, 1.165) is 35.0 Å². The third-order valence-electron chi connectivity index (χ3n) is 3.79. The molecule has 1 aromatic heterocycles. The predicted octanol–water partition coefficient (Wildman–Crippen LogP) is 2.68. The molecule has 0 aliphatic heterocycles. The molecule has 0 atom stereocenters. The fraction of sp³-hybridized carbons (Fsp3) is 0.167. The van der Waals surface area contributed by atoms with Gasteiger partial charge in [0.15, 0.2) is 0 Å². The van der Waals surface area contributed by atoms with Crippen LogP contribution in [0.15, 0.2) is 60.9 Å². The molecule has 6 heteroatoms. The Bertz CT molecular complexity index is 933. The van der Waals surface area contributed by atoms with Crippen molar-refractivity contribution in [3.8, 4) is 0 Å². The lowest BCUT2D eigenvalue weighted by molar-refractivity contribution is 0.597. The SMILES string of the molecule is NS(=O)(=O)Cc1ccc(CCNc2cncc3ccccc23)cc1. The van der Waals surface area contributed by atoms with Crippen molar-refractivity contribution in [1.82, 2.24) is 4.98 Å². The quantitative estimate of drug-likeness (QED) is 0.722. The van der Waals surface area contributed by atoms with E-state index in [1.54, 1.807) is 12.1 Å². The van der Waals surface area contributed by atoms with Gasteiger partial charge in [0.05, 0.1) is 17.6 Å². The Morgan fingerprint density at radius 1 is 0.958 bits per heavy atom. The molecule has 0 spiro atoms. The Labute approximate surface area is 141 Å². The van der Waals surface area contributed by atoms with Crippen LogP contribution in [0.25, 0.3) is 10.8 Å². The molecule has 124 valence electrons. The van der Waals surface area contributed by atoms with Crippen molar-refractivity contribution in [2.75, 3.05) is 11.9 Å². The van der Waals surface area contributed by atoms with Gasteiger partial charge in [-0.3, -0.25) is 4.98 Å². The number of hydrogen-bond acceptors (Lipinski definition) is 4. The molecule has 3 rings (SSSR count). The third-order valence-corrected chi connectivity index (χ3v) is 4.52. The number of rotatable bonds is 6. The maximum Gasteiger partial charge on any atom is 0.213 e. The number of nitrogens with two attached hydrogens (primary N) is 1. The highest BCUT2D eigenvalue weighted by Crippen LogP contribution is 2.21. The molecule has 0 fully saturated rings. The molecule has 3 aromatic rings. The Kier molecular flexibility index (Phi) is 4.78. The standard InChI is InChI=1S/C18H19N3O2S/c19-24(22,23)13-15-7-5-14(6-8-15)9-10-21-18-12-20-11-16-3-1-2-4-17(16)18/h1-8,11-12,21H,9-10,13H2,(H2,19,22,23). The van der Waals surface area contributed by atoms with Gasteiger partial charge in [0.2, 0.25) is 10.0 Å². The Balaban J connectivity index is 1.62. The van der Waals surface area contributed by atoms with Gasteiger partial charge in [0.1, 0.15) is 0 Å². The number of nitrogens with zero attached hydrogens (tertiary/aromatic N) is 1. The monoisotopic (exact) mass is 341 g/mol. The predicted molar refractivity (Wildman–Crippen MR) is 97.2 cm³/mol. The van der Waals surface area contributed by atoms with Gasteiger partial charge in [0.25, 0.3) is 0 Å². The van der Waals surface area contributed by atoms with Crippen molar-refractivity contribution < 1.29 is 8.42 Å². The van der Waals surface area contributed by atoms with Crippen molar-refractivity contribution >= 4 is 26.5 Å². The molecule has 3 N–H and O–H groups in total. The first-order valence-corrected chi connectivity index (χ1v) is 9.38. The average Bonchev–Trinajstić information content (AvgIpc) is 2.55. The fourth-order valence-corrected chi connectivity index (χ4v) is 3.29. The summed E-state index contributed by atoms with van der Waals surface area (Å²) < 4.78 is 22.2. The summed E-state index contributed by atoms with van der Waals surface area (Å²) in [5.74, 6) is -0.132. The van der Waals surface area contributed by atoms with E-state index in [0.29, 0.717) is 5.56 Å². The maximum atomic E-state index is 11.1. The van der Waals surface area contributed by atoms with Crippen molar-refractivity contribution in [1.29, 1.82) is 0 Å². The van der Waals surface area contributed by atoms with Crippen LogP contribution in [-0.2, 0) is 22.2 Å². The summed E-state index contributed by atoms with van der Waals surface area (Å²) in [5.41, 5.74) is 2.85. The summed E-state index contributed by atoms with van der Waals surface area (Å²) in [7, 11) is -3.48.